The number of hydrogen-bond acceptors (Lipinski definition) is 7. The third-order valence-corrected chi connectivity index (χ3v) is 4.93. The van der Waals surface area contributed by atoms with E-state index in [1.807, 2.05) is 18.2 Å². The summed E-state index contributed by atoms with van der Waals surface area (Å²) in [6, 6.07) is 8.86. The normalized spacial score (nSPS) is 13.8. The third-order valence-electron chi connectivity index (χ3n) is 4.04. The second-order valence-electron chi connectivity index (χ2n) is 6.14. The Labute approximate surface area is 160 Å². The number of quaternary nitrogens is 1. The lowest BCUT2D eigenvalue weighted by molar-refractivity contribution is -0.463. The maximum atomic E-state index is 12.3. The number of thiazole rings is 1. The Morgan fingerprint density at radius 2 is 2.11 bits per heavy atom. The number of hydrogen-bond donors (Lipinski definition) is 3. The van der Waals surface area contributed by atoms with Gasteiger partial charge in [0.15, 0.2) is 0 Å². The molecular formula is C18H19N6O2S+. The average Bonchev–Trinajstić information content (AvgIpc) is 3.10. The van der Waals surface area contributed by atoms with Gasteiger partial charge < -0.3 is 10.1 Å². The van der Waals surface area contributed by atoms with E-state index < -0.39 is 0 Å². The van der Waals surface area contributed by atoms with Crippen molar-refractivity contribution in [2.45, 2.75) is 0 Å². The number of rotatable bonds is 6. The Morgan fingerprint density at radius 1 is 1.26 bits per heavy atom. The molecule has 4 heterocycles. The Balaban J connectivity index is 1.33. The Bertz CT molecular complexity index is 913. The van der Waals surface area contributed by atoms with Gasteiger partial charge in [0.1, 0.15) is 10.8 Å². The topological polar surface area (TPSA) is 106 Å². The van der Waals surface area contributed by atoms with Crippen LogP contribution in [-0.2, 0) is 0 Å². The summed E-state index contributed by atoms with van der Waals surface area (Å²) >= 11 is 1.46. The van der Waals surface area contributed by atoms with Crippen LogP contribution in [-0.4, -0.2) is 40.7 Å². The molecule has 4 rings (SSSR count). The van der Waals surface area contributed by atoms with Gasteiger partial charge >= 0.3 is 6.03 Å². The molecule has 0 aromatic carbocycles. The lowest BCUT2D eigenvalue weighted by Gasteiger charge is -2.26. The minimum Gasteiger partial charge on any atom is -0.477 e. The number of anilines is 1. The molecule has 2 amide bonds. The van der Waals surface area contributed by atoms with E-state index in [1.54, 1.807) is 29.9 Å². The first-order valence-electron chi connectivity index (χ1n) is 8.58. The van der Waals surface area contributed by atoms with E-state index in [-0.39, 0.29) is 6.03 Å². The number of aromatic nitrogens is 3. The Morgan fingerprint density at radius 3 is 2.89 bits per heavy atom. The first-order valence-corrected chi connectivity index (χ1v) is 9.46. The van der Waals surface area contributed by atoms with Crippen LogP contribution in [0.1, 0.15) is 0 Å². The number of primary amides is 1. The van der Waals surface area contributed by atoms with Crippen molar-refractivity contribution in [3.63, 3.8) is 0 Å². The van der Waals surface area contributed by atoms with Crippen LogP contribution in [0.2, 0.25) is 0 Å². The monoisotopic (exact) mass is 383 g/mol. The van der Waals surface area contributed by atoms with Crippen LogP contribution in [0.25, 0.3) is 10.6 Å². The number of ether oxygens (including phenoxy) is 1. The summed E-state index contributed by atoms with van der Waals surface area (Å²) in [5.74, 6) is 2.11. The highest BCUT2D eigenvalue weighted by molar-refractivity contribution is 7.13. The van der Waals surface area contributed by atoms with Crippen molar-refractivity contribution in [2.24, 2.45) is 5.92 Å². The predicted molar refractivity (Wildman–Crippen MR) is 102 cm³/mol. The summed E-state index contributed by atoms with van der Waals surface area (Å²) in [5, 5.41) is 10.0. The highest BCUT2D eigenvalue weighted by Crippen LogP contribution is 2.24. The quantitative estimate of drug-likeness (QED) is 0.597. The summed E-state index contributed by atoms with van der Waals surface area (Å²) in [7, 11) is 0. The molecule has 0 unspecified atom stereocenters. The maximum absolute atomic E-state index is 12.3. The first kappa shape index (κ1) is 17.5. The fourth-order valence-electron chi connectivity index (χ4n) is 2.52. The van der Waals surface area contributed by atoms with Crippen molar-refractivity contribution in [1.82, 2.24) is 20.3 Å². The van der Waals surface area contributed by atoms with Crippen molar-refractivity contribution in [3.05, 3.63) is 48.1 Å². The van der Waals surface area contributed by atoms with Gasteiger partial charge in [-0.3, -0.25) is 10.3 Å². The number of pyridine rings is 2. The van der Waals surface area contributed by atoms with E-state index in [4.69, 9.17) is 4.74 Å². The lowest BCUT2D eigenvalue weighted by atomic mass is 10.1. The van der Waals surface area contributed by atoms with Crippen molar-refractivity contribution >= 4 is 29.0 Å². The fraction of sp³-hybridized carbons (Fsp3) is 0.222. The molecule has 1 aliphatic rings. The van der Waals surface area contributed by atoms with Crippen molar-refractivity contribution in [3.8, 4) is 16.5 Å². The van der Waals surface area contributed by atoms with Crippen LogP contribution in [0.3, 0.4) is 0 Å². The molecule has 0 spiro atoms. The SMILES string of the molecule is O=C(Nc1csc(-c2ccncc2)n1)[NH2+]c1cccc(OCC2CNC2)n1. The lowest BCUT2D eigenvalue weighted by Crippen LogP contribution is -2.84. The largest absolute Gasteiger partial charge is 0.477 e. The molecule has 0 saturated carbocycles. The summed E-state index contributed by atoms with van der Waals surface area (Å²) in [5.41, 5.74) is 0.965. The molecule has 3 aromatic heterocycles. The zero-order valence-electron chi connectivity index (χ0n) is 14.5. The van der Waals surface area contributed by atoms with Crippen molar-refractivity contribution in [2.75, 3.05) is 25.0 Å². The smallest absolute Gasteiger partial charge is 0.425 e. The van der Waals surface area contributed by atoms with Gasteiger partial charge in [0.05, 0.1) is 6.61 Å². The van der Waals surface area contributed by atoms with E-state index >= 15 is 0 Å². The van der Waals surface area contributed by atoms with Gasteiger partial charge in [-0.2, -0.15) is 4.98 Å². The molecule has 3 aromatic rings. The molecule has 4 N–H and O–H groups in total. The second kappa shape index (κ2) is 8.21. The number of nitrogens with zero attached hydrogens (tertiary/aromatic N) is 3. The average molecular weight is 383 g/mol. The van der Waals surface area contributed by atoms with Crippen LogP contribution in [0, 0.1) is 5.92 Å². The van der Waals surface area contributed by atoms with E-state index in [0.29, 0.717) is 30.0 Å². The number of carbonyl (C=O) groups is 1. The number of nitrogens with two attached hydrogens (primary N) is 1. The van der Waals surface area contributed by atoms with E-state index in [2.05, 4.69) is 25.6 Å². The minimum absolute atomic E-state index is 0.283. The molecule has 138 valence electrons. The molecule has 9 heteroatoms. The fourth-order valence-corrected chi connectivity index (χ4v) is 3.27. The zero-order valence-corrected chi connectivity index (χ0v) is 15.3. The van der Waals surface area contributed by atoms with Gasteiger partial charge in [-0.15, -0.1) is 11.3 Å². The maximum Gasteiger partial charge on any atom is 0.425 e. The molecule has 1 fully saturated rings. The molecule has 27 heavy (non-hydrogen) atoms. The van der Waals surface area contributed by atoms with Gasteiger partial charge in [-0.1, -0.05) is 0 Å². The van der Waals surface area contributed by atoms with E-state index in [9.17, 15) is 4.79 Å². The zero-order chi connectivity index (χ0) is 18.5. The number of carbonyl (C=O) groups excluding carboxylic acids is 1. The third kappa shape index (κ3) is 4.64. The molecule has 1 saturated heterocycles. The second-order valence-corrected chi connectivity index (χ2v) is 7.00. The number of nitrogens with one attached hydrogen (secondary N) is 2. The molecule has 0 bridgehead atoms. The molecule has 8 nitrogen and oxygen atoms in total. The summed E-state index contributed by atoms with van der Waals surface area (Å²) in [6.07, 6.45) is 3.43. The molecule has 0 radical (unpaired) electrons. The Hall–Kier alpha value is -2.88. The van der Waals surface area contributed by atoms with Gasteiger partial charge in [-0.25, -0.2) is 15.1 Å². The van der Waals surface area contributed by atoms with Crippen LogP contribution in [0.15, 0.2) is 48.1 Å². The Kier molecular flexibility index (Phi) is 5.33. The highest BCUT2D eigenvalue weighted by Gasteiger charge is 2.18. The van der Waals surface area contributed by atoms with Gasteiger partial charge in [0, 0.05) is 54.5 Å². The first-order chi connectivity index (χ1) is 13.3. The molecule has 0 atom stereocenters. The standard InChI is InChI=1S/C18H18N6O2S/c25-18(24-15-11-27-17(22-15)13-4-6-19-7-5-13)23-14-2-1-3-16(21-14)26-10-12-8-20-9-12/h1-7,11-12,20H,8-10H2,(H2,21,23,24,25)/p+1. The van der Waals surface area contributed by atoms with Crippen molar-refractivity contribution in [1.29, 1.82) is 0 Å². The van der Waals surface area contributed by atoms with Crippen LogP contribution >= 0.6 is 11.3 Å². The van der Waals surface area contributed by atoms with Crippen LogP contribution in [0.5, 0.6) is 5.88 Å². The highest BCUT2D eigenvalue weighted by atomic mass is 32.1. The van der Waals surface area contributed by atoms with Gasteiger partial charge in [0.25, 0.3) is 0 Å². The molecule has 1 aliphatic heterocycles. The number of amides is 2. The van der Waals surface area contributed by atoms with E-state index in [1.165, 1.54) is 16.7 Å². The van der Waals surface area contributed by atoms with Crippen LogP contribution in [0.4, 0.5) is 16.4 Å². The number of urea groups is 1. The summed E-state index contributed by atoms with van der Waals surface area (Å²) in [6.45, 7) is 2.58. The van der Waals surface area contributed by atoms with Crippen molar-refractivity contribution < 1.29 is 14.8 Å². The van der Waals surface area contributed by atoms with Gasteiger partial charge in [0.2, 0.25) is 11.7 Å². The van der Waals surface area contributed by atoms with Crippen LogP contribution < -0.4 is 20.7 Å². The summed E-state index contributed by atoms with van der Waals surface area (Å²) in [4.78, 5) is 25.0. The summed E-state index contributed by atoms with van der Waals surface area (Å²) < 4.78 is 5.68. The van der Waals surface area contributed by atoms with E-state index in [0.717, 1.165) is 23.7 Å². The predicted octanol–water partition coefficient (Wildman–Crippen LogP) is 1.63. The minimum atomic E-state index is -0.283. The molecule has 0 aliphatic carbocycles. The van der Waals surface area contributed by atoms with Gasteiger partial charge in [-0.05, 0) is 18.2 Å². The molecular weight excluding hydrogens is 364 g/mol.